The summed E-state index contributed by atoms with van der Waals surface area (Å²) in [6.45, 7) is 0.671. The fraction of sp³-hybridized carbons (Fsp3) is 0.357. The molecular weight excluding hydrogens is 276 g/mol. The van der Waals surface area contributed by atoms with Crippen molar-refractivity contribution in [3.8, 4) is 0 Å². The Morgan fingerprint density at radius 1 is 1.38 bits per heavy atom. The standard InChI is InChI=1S/C14H14N2O5/c17-13(16-5-6-20-12(8-16)14(18)19)7-10-9-3-1-2-4-11(9)21-15-10/h1-4,12H,5-8H2,(H,18,19)/t12-/m1/s1. The van der Waals surface area contributed by atoms with E-state index < -0.39 is 12.1 Å². The van der Waals surface area contributed by atoms with E-state index in [1.54, 1.807) is 6.07 Å². The molecule has 1 aliphatic rings. The van der Waals surface area contributed by atoms with Crippen LogP contribution in [0, 0.1) is 0 Å². The number of carboxylic acid groups (broad SMARTS) is 1. The normalized spacial score (nSPS) is 18.9. The fourth-order valence-corrected chi connectivity index (χ4v) is 2.35. The molecule has 1 saturated heterocycles. The van der Waals surface area contributed by atoms with E-state index in [0.717, 1.165) is 5.39 Å². The van der Waals surface area contributed by atoms with Gasteiger partial charge in [-0.1, -0.05) is 17.3 Å². The largest absolute Gasteiger partial charge is 0.479 e. The number of ether oxygens (including phenoxy) is 1. The van der Waals surface area contributed by atoms with Crippen molar-refractivity contribution in [1.29, 1.82) is 0 Å². The van der Waals surface area contributed by atoms with Gasteiger partial charge in [-0.2, -0.15) is 0 Å². The molecule has 0 aliphatic carbocycles. The van der Waals surface area contributed by atoms with Gasteiger partial charge in [0, 0.05) is 11.9 Å². The van der Waals surface area contributed by atoms with Gasteiger partial charge in [0.15, 0.2) is 11.7 Å². The predicted octanol–water partition coefficient (Wildman–Crippen LogP) is 0.682. The number of para-hydroxylation sites is 1. The molecule has 0 saturated carbocycles. The second-order valence-electron chi connectivity index (χ2n) is 4.84. The molecular formula is C14H14N2O5. The van der Waals surface area contributed by atoms with E-state index in [0.29, 0.717) is 17.8 Å². The van der Waals surface area contributed by atoms with Crippen molar-refractivity contribution in [1.82, 2.24) is 10.1 Å². The molecule has 110 valence electrons. The molecule has 21 heavy (non-hydrogen) atoms. The molecule has 1 aliphatic heterocycles. The molecule has 2 heterocycles. The summed E-state index contributed by atoms with van der Waals surface area (Å²) in [7, 11) is 0. The van der Waals surface area contributed by atoms with E-state index >= 15 is 0 Å². The third kappa shape index (κ3) is 2.73. The molecule has 0 spiro atoms. The summed E-state index contributed by atoms with van der Waals surface area (Å²) in [5.41, 5.74) is 1.19. The summed E-state index contributed by atoms with van der Waals surface area (Å²) in [5.74, 6) is -1.23. The Bertz CT molecular complexity index is 681. The van der Waals surface area contributed by atoms with Crippen molar-refractivity contribution in [2.24, 2.45) is 0 Å². The van der Waals surface area contributed by atoms with Crippen LogP contribution >= 0.6 is 0 Å². The SMILES string of the molecule is O=C(O)[C@H]1CN(C(=O)Cc2noc3ccccc23)CCO1. The number of hydrogen-bond donors (Lipinski definition) is 1. The molecule has 1 N–H and O–H groups in total. The zero-order valence-corrected chi connectivity index (χ0v) is 11.2. The zero-order chi connectivity index (χ0) is 14.8. The molecule has 7 nitrogen and oxygen atoms in total. The lowest BCUT2D eigenvalue weighted by atomic mass is 10.1. The van der Waals surface area contributed by atoms with Crippen molar-refractivity contribution in [3.05, 3.63) is 30.0 Å². The topological polar surface area (TPSA) is 92.9 Å². The minimum Gasteiger partial charge on any atom is -0.479 e. The lowest BCUT2D eigenvalue weighted by Gasteiger charge is -2.30. The molecule has 1 aromatic heterocycles. The summed E-state index contributed by atoms with van der Waals surface area (Å²) in [6.07, 6.45) is -0.875. The fourth-order valence-electron chi connectivity index (χ4n) is 2.35. The van der Waals surface area contributed by atoms with Crippen LogP contribution in [0.3, 0.4) is 0 Å². The molecule has 0 unspecified atom stereocenters. The van der Waals surface area contributed by atoms with Crippen LogP contribution in [0.2, 0.25) is 0 Å². The second-order valence-corrected chi connectivity index (χ2v) is 4.84. The van der Waals surface area contributed by atoms with Crippen LogP contribution < -0.4 is 0 Å². The number of carbonyl (C=O) groups excluding carboxylic acids is 1. The molecule has 1 fully saturated rings. The van der Waals surface area contributed by atoms with E-state index in [-0.39, 0.29) is 25.5 Å². The lowest BCUT2D eigenvalue weighted by molar-refractivity contribution is -0.159. The smallest absolute Gasteiger partial charge is 0.334 e. The quantitative estimate of drug-likeness (QED) is 0.893. The summed E-state index contributed by atoms with van der Waals surface area (Å²) >= 11 is 0. The van der Waals surface area contributed by atoms with E-state index in [1.807, 2.05) is 18.2 Å². The lowest BCUT2D eigenvalue weighted by Crippen LogP contribution is -2.49. The Kier molecular flexibility index (Phi) is 3.57. The van der Waals surface area contributed by atoms with Crippen molar-refractivity contribution in [2.75, 3.05) is 19.7 Å². The highest BCUT2D eigenvalue weighted by Crippen LogP contribution is 2.19. The maximum absolute atomic E-state index is 12.3. The first-order chi connectivity index (χ1) is 10.1. The number of carbonyl (C=O) groups is 2. The predicted molar refractivity (Wildman–Crippen MR) is 71.7 cm³/mol. The number of rotatable bonds is 3. The summed E-state index contributed by atoms with van der Waals surface area (Å²) in [6, 6.07) is 7.31. The van der Waals surface area contributed by atoms with Gasteiger partial charge in [0.05, 0.1) is 19.6 Å². The highest BCUT2D eigenvalue weighted by molar-refractivity contribution is 5.86. The molecule has 0 bridgehead atoms. The van der Waals surface area contributed by atoms with E-state index in [2.05, 4.69) is 5.16 Å². The maximum Gasteiger partial charge on any atom is 0.334 e. The number of benzene rings is 1. The molecule has 7 heteroatoms. The Labute approximate surface area is 120 Å². The van der Waals surface area contributed by atoms with Gasteiger partial charge in [-0.3, -0.25) is 4.79 Å². The molecule has 1 aromatic carbocycles. The number of amides is 1. The Morgan fingerprint density at radius 3 is 3.00 bits per heavy atom. The van der Waals surface area contributed by atoms with Crippen molar-refractivity contribution >= 4 is 22.8 Å². The van der Waals surface area contributed by atoms with E-state index in [1.165, 1.54) is 4.90 Å². The second kappa shape index (κ2) is 5.53. The van der Waals surface area contributed by atoms with Crippen LogP contribution in [0.25, 0.3) is 11.0 Å². The summed E-state index contributed by atoms with van der Waals surface area (Å²) < 4.78 is 10.3. The van der Waals surface area contributed by atoms with Crippen LogP contribution in [0.15, 0.2) is 28.8 Å². The van der Waals surface area contributed by atoms with Gasteiger partial charge in [-0.25, -0.2) is 4.79 Å². The number of aliphatic carboxylic acids is 1. The summed E-state index contributed by atoms with van der Waals surface area (Å²) in [5, 5.41) is 13.7. The number of aromatic nitrogens is 1. The molecule has 1 atom stereocenters. The van der Waals surface area contributed by atoms with Crippen molar-refractivity contribution in [2.45, 2.75) is 12.5 Å². The molecule has 1 amide bonds. The van der Waals surface area contributed by atoms with Gasteiger partial charge in [0.25, 0.3) is 0 Å². The van der Waals surface area contributed by atoms with Crippen molar-refractivity contribution in [3.63, 3.8) is 0 Å². The number of carboxylic acids is 1. The van der Waals surface area contributed by atoms with Crippen molar-refractivity contribution < 1.29 is 24.0 Å². The third-order valence-corrected chi connectivity index (χ3v) is 3.47. The van der Waals surface area contributed by atoms with Crippen LogP contribution in [0.4, 0.5) is 0 Å². The third-order valence-electron chi connectivity index (χ3n) is 3.47. The Balaban J connectivity index is 1.72. The number of nitrogens with zero attached hydrogens (tertiary/aromatic N) is 2. The maximum atomic E-state index is 12.3. The first kappa shape index (κ1) is 13.6. The average molecular weight is 290 g/mol. The average Bonchev–Trinajstić information content (AvgIpc) is 2.91. The zero-order valence-electron chi connectivity index (χ0n) is 11.2. The Hall–Kier alpha value is -2.41. The number of morpholine rings is 1. The summed E-state index contributed by atoms with van der Waals surface area (Å²) in [4.78, 5) is 24.7. The molecule has 0 radical (unpaired) electrons. The van der Waals surface area contributed by atoms with Crippen LogP contribution in [0.5, 0.6) is 0 Å². The van der Waals surface area contributed by atoms with Gasteiger partial charge in [0.1, 0.15) is 5.69 Å². The van der Waals surface area contributed by atoms with Crippen LogP contribution in [-0.4, -0.2) is 52.8 Å². The van der Waals surface area contributed by atoms with Crippen LogP contribution in [-0.2, 0) is 20.7 Å². The first-order valence-corrected chi connectivity index (χ1v) is 6.60. The van der Waals surface area contributed by atoms with E-state index in [4.69, 9.17) is 14.4 Å². The molecule has 3 rings (SSSR count). The highest BCUT2D eigenvalue weighted by atomic mass is 16.5. The monoisotopic (exact) mass is 290 g/mol. The van der Waals surface area contributed by atoms with Gasteiger partial charge in [0.2, 0.25) is 5.91 Å². The molecule has 2 aromatic rings. The number of fused-ring (bicyclic) bond motifs is 1. The van der Waals surface area contributed by atoms with Crippen LogP contribution in [0.1, 0.15) is 5.69 Å². The first-order valence-electron chi connectivity index (χ1n) is 6.60. The minimum atomic E-state index is -1.06. The Morgan fingerprint density at radius 2 is 2.19 bits per heavy atom. The van der Waals surface area contributed by atoms with Gasteiger partial charge in [-0.05, 0) is 12.1 Å². The van der Waals surface area contributed by atoms with Gasteiger partial charge < -0.3 is 19.3 Å². The van der Waals surface area contributed by atoms with Gasteiger partial charge >= 0.3 is 5.97 Å². The number of hydrogen-bond acceptors (Lipinski definition) is 5. The van der Waals surface area contributed by atoms with Gasteiger partial charge in [-0.15, -0.1) is 0 Å². The highest BCUT2D eigenvalue weighted by Gasteiger charge is 2.29. The van der Waals surface area contributed by atoms with E-state index in [9.17, 15) is 9.59 Å². The minimum absolute atomic E-state index is 0.0595.